The molecule has 1 amide bonds. The lowest BCUT2D eigenvalue weighted by Gasteiger charge is -2.33. The Morgan fingerprint density at radius 3 is 2.76 bits per heavy atom. The molecule has 0 bridgehead atoms. The van der Waals surface area contributed by atoms with Gasteiger partial charge in [-0.2, -0.15) is 0 Å². The zero-order valence-corrected chi connectivity index (χ0v) is 16.8. The Kier molecular flexibility index (Phi) is 5.06. The van der Waals surface area contributed by atoms with Crippen LogP contribution in [0, 0.1) is 0 Å². The lowest BCUT2D eigenvalue weighted by Crippen LogP contribution is -2.40. The van der Waals surface area contributed by atoms with Gasteiger partial charge in [-0.25, -0.2) is 9.79 Å². The molecule has 2 aliphatic rings. The van der Waals surface area contributed by atoms with Crippen molar-refractivity contribution < 1.29 is 14.3 Å². The maximum atomic E-state index is 12.8. The lowest BCUT2D eigenvalue weighted by atomic mass is 9.94. The van der Waals surface area contributed by atoms with E-state index in [0.717, 1.165) is 10.0 Å². The van der Waals surface area contributed by atoms with Crippen LogP contribution in [0.3, 0.4) is 0 Å². The number of carbonyl (C=O) groups excluding carboxylic acids is 2. The van der Waals surface area contributed by atoms with Gasteiger partial charge in [0.1, 0.15) is 0 Å². The van der Waals surface area contributed by atoms with Gasteiger partial charge < -0.3 is 4.74 Å². The van der Waals surface area contributed by atoms with Crippen molar-refractivity contribution in [3.8, 4) is 0 Å². The summed E-state index contributed by atoms with van der Waals surface area (Å²) in [6.45, 7) is 7.25. The fourth-order valence-electron chi connectivity index (χ4n) is 2.93. The van der Waals surface area contributed by atoms with E-state index in [9.17, 15) is 9.59 Å². The van der Waals surface area contributed by atoms with Gasteiger partial charge in [0.25, 0.3) is 0 Å². The smallest absolute Gasteiger partial charge is 0.338 e. The third kappa shape index (κ3) is 3.40. The van der Waals surface area contributed by atoms with E-state index in [1.807, 2.05) is 31.2 Å². The van der Waals surface area contributed by atoms with Gasteiger partial charge in [-0.3, -0.25) is 9.69 Å². The average molecular weight is 423 g/mol. The highest BCUT2D eigenvalue weighted by Gasteiger charge is 2.46. The van der Waals surface area contributed by atoms with Crippen LogP contribution in [0.5, 0.6) is 0 Å². The van der Waals surface area contributed by atoms with Crippen molar-refractivity contribution in [3.63, 3.8) is 0 Å². The summed E-state index contributed by atoms with van der Waals surface area (Å²) in [7, 11) is 0. The molecule has 1 aromatic rings. The van der Waals surface area contributed by atoms with Crippen LogP contribution < -0.4 is 0 Å². The van der Waals surface area contributed by atoms with E-state index in [1.54, 1.807) is 25.7 Å². The fourth-order valence-corrected chi connectivity index (χ4v) is 4.38. The third-order valence-corrected chi connectivity index (χ3v) is 5.53. The number of hydrogen-bond donors (Lipinski definition) is 0. The van der Waals surface area contributed by atoms with E-state index in [1.165, 1.54) is 11.8 Å². The Bertz CT molecular complexity index is 803. The molecule has 0 N–H and O–H groups in total. The third-order valence-electron chi connectivity index (χ3n) is 3.99. The Balaban J connectivity index is 2.14. The standard InChI is InChI=1S/C18H19BrN2O3S/c1-9(2)24-17(23)14-10(3)20-18-21(16(22)11(4)25-18)15(14)12-6-5-7-13(19)8-12/h5-9,11,15H,1-4H3. The summed E-state index contributed by atoms with van der Waals surface area (Å²) in [5, 5.41) is 0.419. The topological polar surface area (TPSA) is 59.0 Å². The first-order valence-electron chi connectivity index (χ1n) is 8.05. The second-order valence-electron chi connectivity index (χ2n) is 6.27. The minimum absolute atomic E-state index is 0.0453. The van der Waals surface area contributed by atoms with Crippen molar-refractivity contribution in [2.45, 2.75) is 45.1 Å². The number of halogens is 1. The number of esters is 1. The second-order valence-corrected chi connectivity index (χ2v) is 8.50. The largest absolute Gasteiger partial charge is 0.459 e. The van der Waals surface area contributed by atoms with Crippen LogP contribution in [-0.4, -0.2) is 33.3 Å². The molecule has 5 nitrogen and oxygen atoms in total. The summed E-state index contributed by atoms with van der Waals surface area (Å²) in [6.07, 6.45) is -0.246. The molecule has 2 atom stereocenters. The first-order valence-corrected chi connectivity index (χ1v) is 9.72. The molecular formula is C18H19BrN2O3S. The highest BCUT2D eigenvalue weighted by atomic mass is 79.9. The number of nitrogens with zero attached hydrogens (tertiary/aromatic N) is 2. The summed E-state index contributed by atoms with van der Waals surface area (Å²) in [5.41, 5.74) is 1.86. The molecule has 0 radical (unpaired) electrons. The maximum absolute atomic E-state index is 12.8. The molecule has 0 spiro atoms. The molecule has 1 saturated heterocycles. The first kappa shape index (κ1) is 18.2. The number of aliphatic imine (C=N–C) groups is 1. The van der Waals surface area contributed by atoms with Crippen LogP contribution in [0.2, 0.25) is 0 Å². The van der Waals surface area contributed by atoms with Crippen molar-refractivity contribution in [1.29, 1.82) is 0 Å². The lowest BCUT2D eigenvalue weighted by molar-refractivity contribution is -0.143. The number of thioether (sulfide) groups is 1. The number of benzene rings is 1. The number of ether oxygens (including phenoxy) is 1. The molecular weight excluding hydrogens is 404 g/mol. The molecule has 0 saturated carbocycles. The van der Waals surface area contributed by atoms with Gasteiger partial charge in [0.2, 0.25) is 5.91 Å². The molecule has 1 aromatic carbocycles. The normalized spacial score (nSPS) is 23.0. The molecule has 0 aliphatic carbocycles. The molecule has 2 unspecified atom stereocenters. The first-order chi connectivity index (χ1) is 11.8. The number of rotatable bonds is 3. The van der Waals surface area contributed by atoms with Gasteiger partial charge in [-0.1, -0.05) is 39.8 Å². The summed E-state index contributed by atoms with van der Waals surface area (Å²) in [4.78, 5) is 31.6. The van der Waals surface area contributed by atoms with Gasteiger partial charge in [0.15, 0.2) is 5.17 Å². The SMILES string of the molecule is CC1=C(C(=O)OC(C)C)C(c2cccc(Br)c2)N2C(=O)C(C)SC2=N1. The van der Waals surface area contributed by atoms with E-state index in [2.05, 4.69) is 20.9 Å². The van der Waals surface area contributed by atoms with Gasteiger partial charge in [0, 0.05) is 4.47 Å². The molecule has 3 rings (SSSR count). The minimum Gasteiger partial charge on any atom is -0.459 e. The minimum atomic E-state index is -0.527. The molecule has 0 aromatic heterocycles. The van der Waals surface area contributed by atoms with E-state index >= 15 is 0 Å². The van der Waals surface area contributed by atoms with Gasteiger partial charge >= 0.3 is 5.97 Å². The molecule has 132 valence electrons. The molecule has 25 heavy (non-hydrogen) atoms. The van der Waals surface area contributed by atoms with E-state index < -0.39 is 12.0 Å². The summed E-state index contributed by atoms with van der Waals surface area (Å²) in [6, 6.07) is 7.11. The van der Waals surface area contributed by atoms with Crippen molar-refractivity contribution in [3.05, 3.63) is 45.6 Å². The molecule has 7 heteroatoms. The highest BCUT2D eigenvalue weighted by molar-refractivity contribution is 9.10. The molecule has 1 fully saturated rings. The monoisotopic (exact) mass is 422 g/mol. The number of amides is 1. The predicted molar refractivity (Wildman–Crippen MR) is 102 cm³/mol. The summed E-state index contributed by atoms with van der Waals surface area (Å²) in [5.74, 6) is -0.478. The van der Waals surface area contributed by atoms with E-state index in [4.69, 9.17) is 4.74 Å². The summed E-state index contributed by atoms with van der Waals surface area (Å²) < 4.78 is 6.31. The highest BCUT2D eigenvalue weighted by Crippen LogP contribution is 2.43. The van der Waals surface area contributed by atoms with Gasteiger partial charge in [-0.05, 0) is 45.4 Å². The molecule has 2 heterocycles. The zero-order chi connectivity index (χ0) is 18.3. The Morgan fingerprint density at radius 2 is 2.12 bits per heavy atom. The quantitative estimate of drug-likeness (QED) is 0.689. The number of hydrogen-bond acceptors (Lipinski definition) is 5. The maximum Gasteiger partial charge on any atom is 0.338 e. The van der Waals surface area contributed by atoms with Crippen LogP contribution in [0.25, 0.3) is 0 Å². The van der Waals surface area contributed by atoms with Crippen molar-refractivity contribution in [2.75, 3.05) is 0 Å². The summed E-state index contributed by atoms with van der Waals surface area (Å²) >= 11 is 4.89. The van der Waals surface area contributed by atoms with Gasteiger partial charge in [-0.15, -0.1) is 0 Å². The Morgan fingerprint density at radius 1 is 1.40 bits per heavy atom. The number of amidine groups is 1. The van der Waals surface area contributed by atoms with Crippen LogP contribution in [-0.2, 0) is 14.3 Å². The van der Waals surface area contributed by atoms with E-state index in [-0.39, 0.29) is 17.3 Å². The number of allylic oxidation sites excluding steroid dienone is 1. The number of fused-ring (bicyclic) bond motifs is 1. The fraction of sp³-hybridized carbons (Fsp3) is 0.389. The Hall–Kier alpha value is -1.60. The van der Waals surface area contributed by atoms with Crippen molar-refractivity contribution >= 4 is 44.7 Å². The second kappa shape index (κ2) is 6.96. The number of carbonyl (C=O) groups is 2. The van der Waals surface area contributed by atoms with Crippen LogP contribution in [0.1, 0.15) is 39.3 Å². The van der Waals surface area contributed by atoms with Crippen LogP contribution >= 0.6 is 27.7 Å². The van der Waals surface area contributed by atoms with Gasteiger partial charge in [0.05, 0.1) is 28.7 Å². The van der Waals surface area contributed by atoms with Crippen molar-refractivity contribution in [2.24, 2.45) is 4.99 Å². The zero-order valence-electron chi connectivity index (χ0n) is 14.4. The van der Waals surface area contributed by atoms with Crippen molar-refractivity contribution in [1.82, 2.24) is 4.90 Å². The van der Waals surface area contributed by atoms with Crippen LogP contribution in [0.15, 0.2) is 45.0 Å². The average Bonchev–Trinajstić information content (AvgIpc) is 2.79. The van der Waals surface area contributed by atoms with Crippen LogP contribution in [0.4, 0.5) is 0 Å². The molecule has 2 aliphatic heterocycles. The van der Waals surface area contributed by atoms with E-state index in [0.29, 0.717) is 16.4 Å². The predicted octanol–water partition coefficient (Wildman–Crippen LogP) is 4.05. The Labute approximate surface area is 159 Å².